The van der Waals surface area contributed by atoms with E-state index in [0.29, 0.717) is 10.2 Å². The summed E-state index contributed by atoms with van der Waals surface area (Å²) in [5.41, 5.74) is 2.29. The summed E-state index contributed by atoms with van der Waals surface area (Å²) in [6.45, 7) is 0. The van der Waals surface area contributed by atoms with Crippen molar-refractivity contribution < 1.29 is 39.9 Å². The number of aryl methyl sites for hydroxylation is 1. The van der Waals surface area contributed by atoms with Crippen LogP contribution in [0.3, 0.4) is 0 Å². The molecule has 15 heteroatoms. The van der Waals surface area contributed by atoms with Gasteiger partial charge in [0, 0.05) is 7.05 Å². The van der Waals surface area contributed by atoms with E-state index in [1.807, 2.05) is 30.3 Å². The van der Waals surface area contributed by atoms with Crippen LogP contribution in [0, 0.1) is 0 Å². The first kappa shape index (κ1) is 28.0. The number of halogens is 3. The molecule has 9 nitrogen and oxygen atoms in total. The van der Waals surface area contributed by atoms with Crippen molar-refractivity contribution in [3.8, 4) is 11.1 Å². The number of carbonyl (C=O) groups is 1. The number of benzene rings is 3. The molecule has 0 saturated heterocycles. The van der Waals surface area contributed by atoms with Gasteiger partial charge in [-0.3, -0.25) is 4.79 Å². The number of hydrogen-bond donors (Lipinski definition) is 2. The van der Waals surface area contributed by atoms with Crippen LogP contribution in [0.2, 0.25) is 0 Å². The quantitative estimate of drug-likeness (QED) is 0.372. The zero-order chi connectivity index (χ0) is 27.6. The van der Waals surface area contributed by atoms with Gasteiger partial charge < -0.3 is 9.67 Å². The fourth-order valence-electron chi connectivity index (χ4n) is 2.98. The molecule has 0 aliphatic carbocycles. The third kappa shape index (κ3) is 6.62. The number of rotatable bonds is 5. The van der Waals surface area contributed by atoms with Crippen molar-refractivity contribution >= 4 is 47.6 Å². The van der Waals surface area contributed by atoms with E-state index in [0.717, 1.165) is 22.5 Å². The van der Waals surface area contributed by atoms with Gasteiger partial charge >= 0.3 is 17.0 Å². The zero-order valence-corrected chi connectivity index (χ0v) is 21.1. The predicted molar refractivity (Wildman–Crippen MR) is 130 cm³/mol. The van der Waals surface area contributed by atoms with Crippen molar-refractivity contribution in [2.75, 3.05) is 0 Å². The van der Waals surface area contributed by atoms with Gasteiger partial charge in [-0.2, -0.15) is 13.2 Å². The molecule has 0 bridgehead atoms. The number of thiazole rings is 1. The summed E-state index contributed by atoms with van der Waals surface area (Å²) < 4.78 is 86.0. The Morgan fingerprint density at radius 1 is 0.865 bits per heavy atom. The highest BCUT2D eigenvalue weighted by atomic mass is 32.3. The first-order valence-corrected chi connectivity index (χ1v) is 13.7. The first-order chi connectivity index (χ1) is 17.1. The van der Waals surface area contributed by atoms with Crippen LogP contribution < -0.4 is 9.00 Å². The number of fused-ring (bicyclic) bond motifs is 1. The number of carboxylic acid groups (broad SMARTS) is 1. The van der Waals surface area contributed by atoms with E-state index in [1.54, 1.807) is 23.3 Å². The molecule has 196 valence electrons. The van der Waals surface area contributed by atoms with Gasteiger partial charge in [0.1, 0.15) is 0 Å². The number of hydrogen-bond acceptors (Lipinski definition) is 7. The maximum absolute atomic E-state index is 12.7. The summed E-state index contributed by atoms with van der Waals surface area (Å²) in [7, 11) is -7.11. The molecule has 1 aromatic heterocycles. The van der Waals surface area contributed by atoms with Gasteiger partial charge in [-0.15, -0.1) is 4.13 Å². The van der Waals surface area contributed by atoms with Gasteiger partial charge in [0.15, 0.2) is 0 Å². The molecule has 1 heterocycles. The lowest BCUT2D eigenvalue weighted by Gasteiger charge is -2.09. The van der Waals surface area contributed by atoms with E-state index in [2.05, 4.69) is 0 Å². The fraction of sp³-hybridized carbons (Fsp3) is 0.0909. The Hall–Kier alpha value is -3.53. The van der Waals surface area contributed by atoms with Gasteiger partial charge in [-0.1, -0.05) is 53.8 Å². The van der Waals surface area contributed by atoms with Gasteiger partial charge in [0.2, 0.25) is 0 Å². The van der Waals surface area contributed by atoms with Crippen molar-refractivity contribution in [2.45, 2.75) is 16.0 Å². The van der Waals surface area contributed by atoms with Crippen LogP contribution in [0.15, 0.2) is 87.4 Å². The van der Waals surface area contributed by atoms with E-state index < -0.39 is 32.2 Å². The number of carboxylic acids is 1. The summed E-state index contributed by atoms with van der Waals surface area (Å²) in [5.74, 6) is -2.76. The summed E-state index contributed by atoms with van der Waals surface area (Å²) >= 11 is 0.889. The molecule has 4 rings (SSSR count). The topological polar surface area (TPSA) is 140 Å². The number of sulfonamides is 2. The van der Waals surface area contributed by atoms with Gasteiger partial charge in [0.05, 0.1) is 20.0 Å². The summed E-state index contributed by atoms with van der Waals surface area (Å²) in [4.78, 5) is 20.0. The molecule has 0 unspecified atom stereocenters. The molecule has 4 aromatic rings. The van der Waals surface area contributed by atoms with Gasteiger partial charge in [0.25, 0.3) is 20.0 Å². The molecule has 0 amide bonds. The maximum atomic E-state index is 12.7. The second kappa shape index (κ2) is 10.5. The Morgan fingerprint density at radius 3 is 1.89 bits per heavy atom. The number of alkyl halides is 3. The van der Waals surface area contributed by atoms with Crippen LogP contribution in [-0.2, 0) is 31.9 Å². The molecule has 3 aromatic carbocycles. The van der Waals surface area contributed by atoms with Crippen LogP contribution in [0.5, 0.6) is 0 Å². The monoisotopic (exact) mass is 574 g/mol. The van der Waals surface area contributed by atoms with E-state index in [9.17, 15) is 34.8 Å². The molecule has 0 spiro atoms. The molecular formula is C22H17F3N2O7S3. The van der Waals surface area contributed by atoms with E-state index in [4.69, 9.17) is 9.90 Å². The zero-order valence-electron chi connectivity index (χ0n) is 18.6. The third-order valence-corrected chi connectivity index (χ3v) is 9.33. The first-order valence-electron chi connectivity index (χ1n) is 9.95. The molecular weight excluding hydrogens is 557 g/mol. The number of nitrogens with one attached hydrogen (secondary N) is 1. The average molecular weight is 575 g/mol. The van der Waals surface area contributed by atoms with Crippen molar-refractivity contribution in [3.63, 3.8) is 0 Å². The Balaban J connectivity index is 0.000000479. The van der Waals surface area contributed by atoms with Crippen molar-refractivity contribution in [1.82, 2.24) is 8.69 Å². The SMILES string of the molecule is Cn1c(=O)sc2cc(S(=O)(=O)NS(=O)(=O)c3ccc(-c4ccccc4)cc3)ccc21.O=C(O)C(F)(F)F. The Kier molecular flexibility index (Phi) is 7.92. The smallest absolute Gasteiger partial charge is 0.475 e. The molecule has 0 atom stereocenters. The second-order valence-corrected chi connectivity index (χ2v) is 12.0. The Bertz CT molecular complexity index is 1710. The van der Waals surface area contributed by atoms with Crippen molar-refractivity contribution in [2.24, 2.45) is 7.05 Å². The highest BCUT2D eigenvalue weighted by Crippen LogP contribution is 2.24. The summed E-state index contributed by atoms with van der Waals surface area (Å²) in [5, 5.41) is 7.12. The van der Waals surface area contributed by atoms with Crippen molar-refractivity contribution in [1.29, 1.82) is 0 Å². The molecule has 0 fully saturated rings. The minimum absolute atomic E-state index is 0.170. The Labute approximate surface area is 212 Å². The number of aromatic nitrogens is 1. The van der Waals surface area contributed by atoms with E-state index in [-0.39, 0.29) is 14.7 Å². The van der Waals surface area contributed by atoms with Crippen LogP contribution >= 0.6 is 11.3 Å². The molecule has 0 radical (unpaired) electrons. The average Bonchev–Trinajstić information content (AvgIpc) is 3.11. The molecule has 2 N–H and O–H groups in total. The lowest BCUT2D eigenvalue weighted by molar-refractivity contribution is -0.192. The maximum Gasteiger partial charge on any atom is 0.490 e. The standard InChI is InChI=1S/C20H16N2O5S3.C2HF3O2/c1-22-18-12-11-17(13-19(18)28-20(22)23)30(26,27)21-29(24,25)16-9-7-15(8-10-16)14-5-3-2-4-6-14;3-2(4,5)1(6)7/h2-13,21H,1H3;(H,6,7). The summed E-state index contributed by atoms with van der Waals surface area (Å²) in [6.07, 6.45) is -5.08. The number of nitrogens with zero attached hydrogens (tertiary/aromatic N) is 1. The normalized spacial score (nSPS) is 12.1. The van der Waals surface area contributed by atoms with Gasteiger partial charge in [-0.25, -0.2) is 21.6 Å². The van der Waals surface area contributed by atoms with Gasteiger partial charge in [-0.05, 0) is 41.5 Å². The largest absolute Gasteiger partial charge is 0.490 e. The van der Waals surface area contributed by atoms with Crippen LogP contribution in [-0.4, -0.2) is 38.7 Å². The summed E-state index contributed by atoms with van der Waals surface area (Å²) in [6, 6.07) is 19.4. The third-order valence-electron chi connectivity index (χ3n) is 4.81. The van der Waals surface area contributed by atoms with Crippen LogP contribution in [0.25, 0.3) is 21.3 Å². The lowest BCUT2D eigenvalue weighted by atomic mass is 10.1. The molecule has 37 heavy (non-hydrogen) atoms. The second-order valence-electron chi connectivity index (χ2n) is 7.34. The predicted octanol–water partition coefficient (Wildman–Crippen LogP) is 3.57. The lowest BCUT2D eigenvalue weighted by Crippen LogP contribution is -2.30. The number of aliphatic carboxylic acids is 1. The highest BCUT2D eigenvalue weighted by Gasteiger charge is 2.38. The van der Waals surface area contributed by atoms with Crippen molar-refractivity contribution in [3.05, 3.63) is 82.5 Å². The van der Waals surface area contributed by atoms with E-state index in [1.165, 1.54) is 34.9 Å². The van der Waals surface area contributed by atoms with E-state index >= 15 is 0 Å². The van der Waals surface area contributed by atoms with Crippen LogP contribution in [0.1, 0.15) is 0 Å². The minimum Gasteiger partial charge on any atom is -0.475 e. The fourth-order valence-corrected chi connectivity index (χ4v) is 6.91. The minimum atomic E-state index is -5.08. The molecule has 0 aliphatic rings. The molecule has 0 aliphatic heterocycles. The molecule has 0 saturated carbocycles. The van der Waals surface area contributed by atoms with Crippen LogP contribution in [0.4, 0.5) is 13.2 Å². The Morgan fingerprint density at radius 2 is 1.35 bits per heavy atom. The highest BCUT2D eigenvalue weighted by molar-refractivity contribution is 8.04.